The molecule has 2 rings (SSSR count). The van der Waals surface area contributed by atoms with E-state index < -0.39 is 0 Å². The van der Waals surface area contributed by atoms with E-state index in [4.69, 9.17) is 0 Å². The lowest BCUT2D eigenvalue weighted by Gasteiger charge is -2.02. The normalized spacial score (nSPS) is 13.4. The topological polar surface area (TPSA) is 0 Å². The standard InChI is InChI=1S/C15H13Br/c1-3-7-11-10-15(16)14-9-6-5-8-13(14)12(11)4-2/h3-10H,1H2,2H3/b11-7-,12-4+. The molecule has 0 saturated carbocycles. The van der Waals surface area contributed by atoms with Crippen LogP contribution in [0.25, 0.3) is 22.9 Å². The number of fused-ring (bicyclic) bond motifs is 1. The molecule has 0 aliphatic carbocycles. The van der Waals surface area contributed by atoms with E-state index in [1.54, 1.807) is 0 Å². The van der Waals surface area contributed by atoms with Crippen LogP contribution < -0.4 is 10.4 Å². The second-order valence-corrected chi connectivity index (χ2v) is 4.45. The fourth-order valence-electron chi connectivity index (χ4n) is 1.96. The Hall–Kier alpha value is -1.34. The zero-order chi connectivity index (χ0) is 11.5. The van der Waals surface area contributed by atoms with Crippen molar-refractivity contribution >= 4 is 38.9 Å². The van der Waals surface area contributed by atoms with Gasteiger partial charge in [0.05, 0.1) is 0 Å². The highest BCUT2D eigenvalue weighted by atomic mass is 79.9. The van der Waals surface area contributed by atoms with Gasteiger partial charge in [-0.2, -0.15) is 0 Å². The summed E-state index contributed by atoms with van der Waals surface area (Å²) in [6.07, 6.45) is 6.00. The molecule has 2 aromatic rings. The molecule has 0 bridgehead atoms. The summed E-state index contributed by atoms with van der Waals surface area (Å²) >= 11 is 3.61. The number of hydrogen-bond acceptors (Lipinski definition) is 0. The minimum Gasteiger partial charge on any atom is -0.0990 e. The third-order valence-electron chi connectivity index (χ3n) is 2.65. The molecular formula is C15H13Br. The van der Waals surface area contributed by atoms with E-state index in [0.717, 1.165) is 4.47 Å². The molecule has 0 heterocycles. The number of benzene rings is 2. The Morgan fingerprint density at radius 1 is 1.19 bits per heavy atom. The lowest BCUT2D eigenvalue weighted by atomic mass is 10.1. The Balaban J connectivity index is 3.09. The molecule has 2 aromatic carbocycles. The molecule has 0 N–H and O–H groups in total. The maximum absolute atomic E-state index is 3.76. The summed E-state index contributed by atoms with van der Waals surface area (Å²) in [4.78, 5) is 0. The molecule has 0 aliphatic rings. The molecule has 80 valence electrons. The number of rotatable bonds is 1. The van der Waals surface area contributed by atoms with Gasteiger partial charge < -0.3 is 0 Å². The van der Waals surface area contributed by atoms with Crippen LogP contribution in [0.15, 0.2) is 47.5 Å². The Morgan fingerprint density at radius 2 is 1.88 bits per heavy atom. The third kappa shape index (κ3) is 1.83. The highest BCUT2D eigenvalue weighted by Gasteiger charge is 1.99. The van der Waals surface area contributed by atoms with Crippen molar-refractivity contribution in [1.29, 1.82) is 0 Å². The molecule has 0 atom stereocenters. The molecular weight excluding hydrogens is 260 g/mol. The van der Waals surface area contributed by atoms with Crippen LogP contribution in [0.1, 0.15) is 6.92 Å². The van der Waals surface area contributed by atoms with Crippen LogP contribution in [-0.4, -0.2) is 0 Å². The summed E-state index contributed by atoms with van der Waals surface area (Å²) in [6.45, 7) is 5.82. The number of halogens is 1. The summed E-state index contributed by atoms with van der Waals surface area (Å²) in [5.41, 5.74) is 0. The Labute approximate surface area is 104 Å². The highest BCUT2D eigenvalue weighted by molar-refractivity contribution is 9.10. The van der Waals surface area contributed by atoms with Crippen molar-refractivity contribution in [2.24, 2.45) is 0 Å². The van der Waals surface area contributed by atoms with Crippen molar-refractivity contribution in [3.05, 3.63) is 57.9 Å². The van der Waals surface area contributed by atoms with Crippen molar-refractivity contribution < 1.29 is 0 Å². The minimum atomic E-state index is 1.13. The summed E-state index contributed by atoms with van der Waals surface area (Å²) in [6, 6.07) is 10.5. The molecule has 16 heavy (non-hydrogen) atoms. The molecule has 0 unspecified atom stereocenters. The van der Waals surface area contributed by atoms with Gasteiger partial charge in [0, 0.05) is 4.47 Å². The fourth-order valence-corrected chi connectivity index (χ4v) is 2.55. The van der Waals surface area contributed by atoms with Crippen LogP contribution in [0.3, 0.4) is 0 Å². The molecule has 0 aliphatic heterocycles. The average molecular weight is 273 g/mol. The maximum Gasteiger partial charge on any atom is 0.0260 e. The van der Waals surface area contributed by atoms with Crippen molar-refractivity contribution in [1.82, 2.24) is 0 Å². The first-order valence-corrected chi connectivity index (χ1v) is 6.03. The van der Waals surface area contributed by atoms with E-state index in [-0.39, 0.29) is 0 Å². The van der Waals surface area contributed by atoms with Gasteiger partial charge in [-0.3, -0.25) is 0 Å². The SMILES string of the molecule is C=C/C=c1/cc(Br)c2ccccc2/c1=C/C. The Morgan fingerprint density at radius 3 is 2.50 bits per heavy atom. The van der Waals surface area contributed by atoms with Gasteiger partial charge in [-0.05, 0) is 34.2 Å². The Bertz CT molecular complexity index is 651. The molecule has 0 radical (unpaired) electrons. The lowest BCUT2D eigenvalue weighted by Crippen LogP contribution is -2.24. The molecule has 0 spiro atoms. The van der Waals surface area contributed by atoms with Gasteiger partial charge in [-0.25, -0.2) is 0 Å². The predicted octanol–water partition coefficient (Wildman–Crippen LogP) is 3.37. The first-order chi connectivity index (χ1) is 7.77. The molecule has 0 amide bonds. The first kappa shape index (κ1) is 11.2. The van der Waals surface area contributed by atoms with Crippen LogP contribution in [-0.2, 0) is 0 Å². The molecule has 1 heteroatoms. The number of allylic oxidation sites excluding steroid dienone is 1. The van der Waals surface area contributed by atoms with Crippen LogP contribution >= 0.6 is 15.9 Å². The van der Waals surface area contributed by atoms with Gasteiger partial charge in [0.25, 0.3) is 0 Å². The van der Waals surface area contributed by atoms with Gasteiger partial charge in [-0.15, -0.1) is 0 Å². The zero-order valence-electron chi connectivity index (χ0n) is 9.20. The van der Waals surface area contributed by atoms with E-state index in [2.05, 4.69) is 65.8 Å². The van der Waals surface area contributed by atoms with Gasteiger partial charge in [0.2, 0.25) is 0 Å². The van der Waals surface area contributed by atoms with Gasteiger partial charge >= 0.3 is 0 Å². The van der Waals surface area contributed by atoms with Crippen molar-refractivity contribution in [3.8, 4) is 0 Å². The second-order valence-electron chi connectivity index (χ2n) is 3.60. The van der Waals surface area contributed by atoms with Crippen molar-refractivity contribution in [2.45, 2.75) is 6.92 Å². The van der Waals surface area contributed by atoms with Crippen LogP contribution in [0, 0.1) is 0 Å². The molecule has 0 aromatic heterocycles. The lowest BCUT2D eigenvalue weighted by molar-refractivity contribution is 1.54. The largest absolute Gasteiger partial charge is 0.0990 e. The molecule has 0 fully saturated rings. The molecule has 0 nitrogen and oxygen atoms in total. The van der Waals surface area contributed by atoms with E-state index in [0.29, 0.717) is 0 Å². The summed E-state index contributed by atoms with van der Waals surface area (Å²) in [5, 5.41) is 4.98. The first-order valence-electron chi connectivity index (χ1n) is 5.24. The van der Waals surface area contributed by atoms with Crippen molar-refractivity contribution in [2.75, 3.05) is 0 Å². The van der Waals surface area contributed by atoms with Crippen LogP contribution in [0.5, 0.6) is 0 Å². The van der Waals surface area contributed by atoms with E-state index in [1.165, 1.54) is 21.2 Å². The highest BCUT2D eigenvalue weighted by Crippen LogP contribution is 2.18. The fraction of sp³-hybridized carbons (Fsp3) is 0.0667. The van der Waals surface area contributed by atoms with E-state index in [1.807, 2.05) is 12.2 Å². The van der Waals surface area contributed by atoms with Crippen molar-refractivity contribution in [3.63, 3.8) is 0 Å². The summed E-state index contributed by atoms with van der Waals surface area (Å²) in [5.74, 6) is 0. The van der Waals surface area contributed by atoms with Gasteiger partial charge in [0.15, 0.2) is 0 Å². The average Bonchev–Trinajstić information content (AvgIpc) is 2.30. The third-order valence-corrected chi connectivity index (χ3v) is 3.31. The summed E-state index contributed by atoms with van der Waals surface area (Å²) in [7, 11) is 0. The minimum absolute atomic E-state index is 1.13. The second kappa shape index (κ2) is 4.67. The smallest absolute Gasteiger partial charge is 0.0260 e. The monoisotopic (exact) mass is 272 g/mol. The maximum atomic E-state index is 3.76. The zero-order valence-corrected chi connectivity index (χ0v) is 10.8. The quantitative estimate of drug-likeness (QED) is 0.747. The van der Waals surface area contributed by atoms with E-state index in [9.17, 15) is 0 Å². The number of hydrogen-bond donors (Lipinski definition) is 0. The Kier molecular flexibility index (Phi) is 3.25. The van der Waals surface area contributed by atoms with Crippen LogP contribution in [0.2, 0.25) is 0 Å². The predicted molar refractivity (Wildman–Crippen MR) is 75.7 cm³/mol. The van der Waals surface area contributed by atoms with Crippen LogP contribution in [0.4, 0.5) is 0 Å². The summed E-state index contributed by atoms with van der Waals surface area (Å²) < 4.78 is 1.13. The molecule has 0 saturated heterocycles. The van der Waals surface area contributed by atoms with Gasteiger partial charge in [0.1, 0.15) is 0 Å². The van der Waals surface area contributed by atoms with Gasteiger partial charge in [-0.1, -0.05) is 65.0 Å². The van der Waals surface area contributed by atoms with E-state index >= 15 is 0 Å².